The van der Waals surface area contributed by atoms with Crippen molar-refractivity contribution in [3.05, 3.63) is 77.6 Å². The third kappa shape index (κ3) is 5.06. The van der Waals surface area contributed by atoms with E-state index in [0.29, 0.717) is 11.0 Å². The summed E-state index contributed by atoms with van der Waals surface area (Å²) < 4.78 is 7.21. The van der Waals surface area contributed by atoms with E-state index in [4.69, 9.17) is 4.74 Å². The molecule has 0 saturated carbocycles. The molecule has 1 N–H and O–H groups in total. The van der Waals surface area contributed by atoms with Crippen LogP contribution >= 0.6 is 11.8 Å². The van der Waals surface area contributed by atoms with Crippen LogP contribution in [0.3, 0.4) is 0 Å². The van der Waals surface area contributed by atoms with Gasteiger partial charge >= 0.3 is 0 Å². The van der Waals surface area contributed by atoms with Gasteiger partial charge in [-0.2, -0.15) is 0 Å². The number of carbonyl (C=O) groups is 1. The lowest BCUT2D eigenvalue weighted by atomic mass is 10.1. The summed E-state index contributed by atoms with van der Waals surface area (Å²) in [6.45, 7) is 6.06. The molecule has 0 spiro atoms. The molecular formula is C25H25N5O2S. The lowest BCUT2D eigenvalue weighted by Gasteiger charge is -2.13. The van der Waals surface area contributed by atoms with E-state index in [9.17, 15) is 4.79 Å². The second-order valence-electron chi connectivity index (χ2n) is 7.69. The first-order chi connectivity index (χ1) is 16.0. The van der Waals surface area contributed by atoms with Crippen LogP contribution in [-0.4, -0.2) is 38.5 Å². The molecule has 4 aromatic rings. The third-order valence-corrected chi connectivity index (χ3v) is 6.09. The Hall–Kier alpha value is -3.65. The van der Waals surface area contributed by atoms with Crippen LogP contribution in [0, 0.1) is 20.8 Å². The van der Waals surface area contributed by atoms with Crippen LogP contribution in [0.15, 0.2) is 66.1 Å². The fraction of sp³-hybridized carbons (Fsp3) is 0.200. The average molecular weight is 460 g/mol. The van der Waals surface area contributed by atoms with Gasteiger partial charge in [0.15, 0.2) is 11.0 Å². The molecule has 0 aliphatic rings. The standard InChI is InChI=1S/C25H25N5O2S/c1-16-12-17(2)23(18(3)13-16)27-22(31)15-33-25-29-28-24(19-6-5-11-26-14-19)30(25)20-7-9-21(32-4)10-8-20/h5-14H,15H2,1-4H3,(H,27,31). The Balaban J connectivity index is 1.60. The SMILES string of the molecule is COc1ccc(-n2c(SCC(=O)Nc3c(C)cc(C)cc3C)nnc2-c2cccnc2)cc1. The highest BCUT2D eigenvalue weighted by Gasteiger charge is 2.18. The van der Waals surface area contributed by atoms with E-state index in [2.05, 4.69) is 32.6 Å². The lowest BCUT2D eigenvalue weighted by Crippen LogP contribution is -2.16. The Bertz CT molecular complexity index is 1250. The number of rotatable bonds is 7. The Morgan fingerprint density at radius 1 is 1.06 bits per heavy atom. The number of aryl methyl sites for hydroxylation is 3. The molecule has 8 heteroatoms. The van der Waals surface area contributed by atoms with Crippen LogP contribution in [0.1, 0.15) is 16.7 Å². The lowest BCUT2D eigenvalue weighted by molar-refractivity contribution is -0.113. The number of benzene rings is 2. The molecule has 0 aliphatic heterocycles. The molecule has 0 fully saturated rings. The molecule has 2 aromatic carbocycles. The summed E-state index contributed by atoms with van der Waals surface area (Å²) >= 11 is 1.34. The molecule has 4 rings (SSSR count). The number of aromatic nitrogens is 4. The Labute approximate surface area is 197 Å². The Morgan fingerprint density at radius 2 is 1.79 bits per heavy atom. The first kappa shape index (κ1) is 22.5. The van der Waals surface area contributed by atoms with Gasteiger partial charge in [0.1, 0.15) is 5.75 Å². The Morgan fingerprint density at radius 3 is 2.42 bits per heavy atom. The third-order valence-electron chi connectivity index (χ3n) is 5.16. The number of ether oxygens (including phenoxy) is 1. The van der Waals surface area contributed by atoms with Gasteiger partial charge in [0.2, 0.25) is 5.91 Å². The second kappa shape index (κ2) is 9.87. The highest BCUT2D eigenvalue weighted by Crippen LogP contribution is 2.29. The summed E-state index contributed by atoms with van der Waals surface area (Å²) in [6.07, 6.45) is 3.46. The zero-order valence-corrected chi connectivity index (χ0v) is 19.8. The van der Waals surface area contributed by atoms with Crippen molar-refractivity contribution in [1.29, 1.82) is 0 Å². The van der Waals surface area contributed by atoms with Gasteiger partial charge in [0.25, 0.3) is 0 Å². The number of hydrogen-bond acceptors (Lipinski definition) is 6. The van der Waals surface area contributed by atoms with Gasteiger partial charge < -0.3 is 10.1 Å². The molecule has 1 amide bonds. The van der Waals surface area contributed by atoms with Gasteiger partial charge in [-0.05, 0) is 68.3 Å². The molecule has 7 nitrogen and oxygen atoms in total. The highest BCUT2D eigenvalue weighted by molar-refractivity contribution is 7.99. The van der Waals surface area contributed by atoms with Crippen LogP contribution in [0.4, 0.5) is 5.69 Å². The van der Waals surface area contributed by atoms with E-state index in [1.807, 2.05) is 61.7 Å². The van der Waals surface area contributed by atoms with Crippen LogP contribution in [0.2, 0.25) is 0 Å². The van der Waals surface area contributed by atoms with Crippen molar-refractivity contribution in [2.75, 3.05) is 18.2 Å². The molecule has 0 unspecified atom stereocenters. The fourth-order valence-corrected chi connectivity index (χ4v) is 4.44. The number of amides is 1. The first-order valence-electron chi connectivity index (χ1n) is 10.5. The number of pyridine rings is 1. The van der Waals surface area contributed by atoms with Crippen molar-refractivity contribution in [3.63, 3.8) is 0 Å². The van der Waals surface area contributed by atoms with E-state index in [1.54, 1.807) is 19.5 Å². The molecule has 168 valence electrons. The summed E-state index contributed by atoms with van der Waals surface area (Å²) in [5.41, 5.74) is 5.83. The van der Waals surface area contributed by atoms with Crippen molar-refractivity contribution >= 4 is 23.4 Å². The molecule has 0 atom stereocenters. The van der Waals surface area contributed by atoms with E-state index in [0.717, 1.165) is 33.8 Å². The highest BCUT2D eigenvalue weighted by atomic mass is 32.2. The smallest absolute Gasteiger partial charge is 0.234 e. The first-order valence-corrected chi connectivity index (χ1v) is 11.5. The van der Waals surface area contributed by atoms with Crippen molar-refractivity contribution in [1.82, 2.24) is 19.7 Å². The van der Waals surface area contributed by atoms with Crippen LogP contribution < -0.4 is 10.1 Å². The predicted octanol–water partition coefficient (Wildman–Crippen LogP) is 4.99. The van der Waals surface area contributed by atoms with Crippen LogP contribution in [0.5, 0.6) is 5.75 Å². The maximum Gasteiger partial charge on any atom is 0.234 e. The largest absolute Gasteiger partial charge is 0.497 e. The summed E-state index contributed by atoms with van der Waals surface area (Å²) in [5.74, 6) is 1.52. The van der Waals surface area contributed by atoms with Crippen molar-refractivity contribution in [2.45, 2.75) is 25.9 Å². The number of methoxy groups -OCH3 is 1. The zero-order valence-electron chi connectivity index (χ0n) is 19.0. The molecule has 0 saturated heterocycles. The van der Waals surface area contributed by atoms with Crippen LogP contribution in [-0.2, 0) is 4.79 Å². The van der Waals surface area contributed by atoms with E-state index < -0.39 is 0 Å². The summed E-state index contributed by atoms with van der Waals surface area (Å²) in [5, 5.41) is 12.4. The normalized spacial score (nSPS) is 10.8. The predicted molar refractivity (Wildman–Crippen MR) is 131 cm³/mol. The number of nitrogens with zero attached hydrogens (tertiary/aromatic N) is 4. The van der Waals surface area contributed by atoms with E-state index >= 15 is 0 Å². The molecule has 0 bridgehead atoms. The monoisotopic (exact) mass is 459 g/mol. The minimum absolute atomic E-state index is 0.0951. The van der Waals surface area contributed by atoms with Gasteiger partial charge in [-0.3, -0.25) is 14.3 Å². The molecule has 2 aromatic heterocycles. The minimum atomic E-state index is -0.0951. The van der Waals surface area contributed by atoms with Crippen LogP contribution in [0.25, 0.3) is 17.1 Å². The van der Waals surface area contributed by atoms with Gasteiger partial charge in [-0.1, -0.05) is 29.5 Å². The number of hydrogen-bond donors (Lipinski definition) is 1. The molecule has 2 heterocycles. The quantitative estimate of drug-likeness (QED) is 0.392. The fourth-order valence-electron chi connectivity index (χ4n) is 3.69. The Kier molecular flexibility index (Phi) is 6.74. The van der Waals surface area contributed by atoms with Crippen molar-refractivity contribution in [2.24, 2.45) is 0 Å². The summed E-state index contributed by atoms with van der Waals surface area (Å²) in [4.78, 5) is 17.0. The topological polar surface area (TPSA) is 81.9 Å². The summed E-state index contributed by atoms with van der Waals surface area (Å²) in [7, 11) is 1.63. The number of anilines is 1. The molecule has 0 radical (unpaired) electrons. The molecule has 0 aliphatic carbocycles. The second-order valence-corrected chi connectivity index (χ2v) is 8.63. The van der Waals surface area contributed by atoms with Gasteiger partial charge in [-0.15, -0.1) is 10.2 Å². The zero-order chi connectivity index (χ0) is 23.4. The van der Waals surface area contributed by atoms with Crippen molar-refractivity contribution < 1.29 is 9.53 Å². The van der Waals surface area contributed by atoms with Gasteiger partial charge in [0.05, 0.1) is 12.9 Å². The molecular weight excluding hydrogens is 434 g/mol. The van der Waals surface area contributed by atoms with Gasteiger partial charge in [-0.25, -0.2) is 0 Å². The minimum Gasteiger partial charge on any atom is -0.497 e. The van der Waals surface area contributed by atoms with E-state index in [1.165, 1.54) is 17.3 Å². The maximum atomic E-state index is 12.8. The van der Waals surface area contributed by atoms with Crippen molar-refractivity contribution in [3.8, 4) is 22.8 Å². The number of carbonyl (C=O) groups excluding carboxylic acids is 1. The summed E-state index contributed by atoms with van der Waals surface area (Å²) in [6, 6.07) is 15.6. The molecule has 33 heavy (non-hydrogen) atoms. The number of thioether (sulfide) groups is 1. The van der Waals surface area contributed by atoms with Gasteiger partial charge in [0, 0.05) is 29.3 Å². The van der Waals surface area contributed by atoms with E-state index in [-0.39, 0.29) is 11.7 Å². The number of nitrogens with one attached hydrogen (secondary N) is 1. The average Bonchev–Trinajstić information content (AvgIpc) is 3.24. The maximum absolute atomic E-state index is 12.8.